The molecule has 1 aromatic rings. The molecule has 0 fully saturated rings. The predicted octanol–water partition coefficient (Wildman–Crippen LogP) is 2.46. The number of hydrogen-bond acceptors (Lipinski definition) is 3. The Morgan fingerprint density at radius 2 is 2.31 bits per heavy atom. The van der Waals surface area contributed by atoms with Crippen molar-refractivity contribution in [1.29, 1.82) is 0 Å². The Hall–Kier alpha value is -0.510. The van der Waals surface area contributed by atoms with Crippen LogP contribution in [0.25, 0.3) is 0 Å². The fourth-order valence-electron chi connectivity index (χ4n) is 2.11. The van der Waals surface area contributed by atoms with Gasteiger partial charge in [-0.2, -0.15) is 0 Å². The van der Waals surface area contributed by atoms with Crippen molar-refractivity contribution in [2.24, 2.45) is 5.73 Å². The minimum absolute atomic E-state index is 0.189. The molecule has 0 saturated carbocycles. The molecule has 1 aliphatic heterocycles. The molecular weight excluding hydrogens is 218 g/mol. The van der Waals surface area contributed by atoms with E-state index in [2.05, 4.69) is 24.3 Å². The highest BCUT2D eigenvalue weighted by molar-refractivity contribution is 8.00. The molecule has 2 atom stereocenters. The number of thioether (sulfide) groups is 1. The summed E-state index contributed by atoms with van der Waals surface area (Å²) >= 11 is 2.00. The Morgan fingerprint density at radius 3 is 3.06 bits per heavy atom. The van der Waals surface area contributed by atoms with Gasteiger partial charge in [-0.1, -0.05) is 18.2 Å². The van der Waals surface area contributed by atoms with Crippen molar-refractivity contribution in [2.75, 3.05) is 13.7 Å². The van der Waals surface area contributed by atoms with Gasteiger partial charge in [0.1, 0.15) is 0 Å². The van der Waals surface area contributed by atoms with Crippen LogP contribution in [0, 0.1) is 0 Å². The fourth-order valence-corrected chi connectivity index (χ4v) is 3.45. The second-order valence-electron chi connectivity index (χ2n) is 4.34. The Bertz CT molecular complexity index is 317. The maximum atomic E-state index is 5.93. The molecule has 1 heterocycles. The molecule has 88 valence electrons. The first kappa shape index (κ1) is 12.0. The van der Waals surface area contributed by atoms with E-state index in [1.165, 1.54) is 23.3 Å². The summed E-state index contributed by atoms with van der Waals surface area (Å²) in [7, 11) is 1.71. The first-order valence-corrected chi connectivity index (χ1v) is 6.66. The second kappa shape index (κ2) is 5.71. The maximum absolute atomic E-state index is 5.93. The summed E-state index contributed by atoms with van der Waals surface area (Å²) in [5.41, 5.74) is 7.43. The SMILES string of the molecule is COCC(N)CCC1Cc2ccccc2S1. The summed E-state index contributed by atoms with van der Waals surface area (Å²) in [4.78, 5) is 1.45. The summed E-state index contributed by atoms with van der Waals surface area (Å²) in [6.07, 6.45) is 3.43. The number of nitrogens with two attached hydrogens (primary N) is 1. The first-order chi connectivity index (χ1) is 7.79. The molecule has 3 heteroatoms. The van der Waals surface area contributed by atoms with Gasteiger partial charge in [-0.05, 0) is 30.9 Å². The van der Waals surface area contributed by atoms with Gasteiger partial charge in [0.05, 0.1) is 6.61 Å². The molecule has 1 aliphatic rings. The monoisotopic (exact) mass is 237 g/mol. The Morgan fingerprint density at radius 1 is 1.50 bits per heavy atom. The molecule has 0 aliphatic carbocycles. The minimum Gasteiger partial charge on any atom is -0.383 e. The topological polar surface area (TPSA) is 35.2 Å². The molecule has 2 nitrogen and oxygen atoms in total. The molecule has 2 rings (SSSR count). The van der Waals surface area contributed by atoms with Gasteiger partial charge in [0.15, 0.2) is 0 Å². The molecule has 16 heavy (non-hydrogen) atoms. The first-order valence-electron chi connectivity index (χ1n) is 5.78. The van der Waals surface area contributed by atoms with Gasteiger partial charge in [0.2, 0.25) is 0 Å². The van der Waals surface area contributed by atoms with Crippen LogP contribution >= 0.6 is 11.8 Å². The van der Waals surface area contributed by atoms with Crippen LogP contribution in [-0.4, -0.2) is 25.0 Å². The Labute approximate surface area is 102 Å². The number of hydrogen-bond donors (Lipinski definition) is 1. The van der Waals surface area contributed by atoms with E-state index in [1.807, 2.05) is 11.8 Å². The van der Waals surface area contributed by atoms with Crippen molar-refractivity contribution >= 4 is 11.8 Å². The maximum Gasteiger partial charge on any atom is 0.0613 e. The van der Waals surface area contributed by atoms with Gasteiger partial charge in [-0.15, -0.1) is 11.8 Å². The van der Waals surface area contributed by atoms with Crippen molar-refractivity contribution in [3.63, 3.8) is 0 Å². The molecule has 0 saturated heterocycles. The number of benzene rings is 1. The van der Waals surface area contributed by atoms with Crippen LogP contribution in [0.3, 0.4) is 0 Å². The lowest BCUT2D eigenvalue weighted by molar-refractivity contribution is 0.176. The number of fused-ring (bicyclic) bond motifs is 1. The summed E-state index contributed by atoms with van der Waals surface area (Å²) in [6, 6.07) is 8.88. The molecule has 0 aromatic heterocycles. The molecule has 2 unspecified atom stereocenters. The molecule has 0 bridgehead atoms. The zero-order valence-electron chi connectivity index (χ0n) is 9.69. The summed E-state index contributed by atoms with van der Waals surface area (Å²) < 4.78 is 5.05. The second-order valence-corrected chi connectivity index (χ2v) is 5.69. The van der Waals surface area contributed by atoms with E-state index >= 15 is 0 Å². The van der Waals surface area contributed by atoms with Gasteiger partial charge >= 0.3 is 0 Å². The Kier molecular flexibility index (Phi) is 4.27. The van der Waals surface area contributed by atoms with E-state index in [4.69, 9.17) is 10.5 Å². The van der Waals surface area contributed by atoms with Crippen LogP contribution < -0.4 is 5.73 Å². The van der Waals surface area contributed by atoms with Crippen LogP contribution in [-0.2, 0) is 11.2 Å². The van der Waals surface area contributed by atoms with Gasteiger partial charge in [-0.3, -0.25) is 0 Å². The molecular formula is C13H19NOS. The third-order valence-corrected chi connectivity index (χ3v) is 4.34. The summed E-state index contributed by atoms with van der Waals surface area (Å²) in [5, 5.41) is 0.709. The molecule has 0 amide bonds. The van der Waals surface area contributed by atoms with Gasteiger partial charge in [-0.25, -0.2) is 0 Å². The van der Waals surface area contributed by atoms with E-state index in [1.54, 1.807) is 7.11 Å². The largest absolute Gasteiger partial charge is 0.383 e. The summed E-state index contributed by atoms with van der Waals surface area (Å²) in [6.45, 7) is 0.671. The number of ether oxygens (including phenoxy) is 1. The van der Waals surface area contributed by atoms with Crippen LogP contribution in [0.5, 0.6) is 0 Å². The van der Waals surface area contributed by atoms with E-state index in [0.717, 1.165) is 6.42 Å². The van der Waals surface area contributed by atoms with E-state index in [9.17, 15) is 0 Å². The molecule has 0 radical (unpaired) electrons. The van der Waals surface area contributed by atoms with Crippen molar-refractivity contribution in [2.45, 2.75) is 35.4 Å². The predicted molar refractivity (Wildman–Crippen MR) is 68.9 cm³/mol. The average Bonchev–Trinajstić information content (AvgIpc) is 2.69. The Balaban J connectivity index is 1.79. The lowest BCUT2D eigenvalue weighted by Crippen LogP contribution is -2.26. The van der Waals surface area contributed by atoms with Crippen LogP contribution in [0.15, 0.2) is 29.2 Å². The third-order valence-electron chi connectivity index (χ3n) is 2.95. The van der Waals surface area contributed by atoms with Gasteiger partial charge in [0.25, 0.3) is 0 Å². The van der Waals surface area contributed by atoms with Crippen molar-refractivity contribution in [3.8, 4) is 0 Å². The van der Waals surface area contributed by atoms with Crippen molar-refractivity contribution in [3.05, 3.63) is 29.8 Å². The molecule has 0 spiro atoms. The summed E-state index contributed by atoms with van der Waals surface area (Å²) in [5.74, 6) is 0. The molecule has 2 N–H and O–H groups in total. The fraction of sp³-hybridized carbons (Fsp3) is 0.538. The van der Waals surface area contributed by atoms with Crippen molar-refractivity contribution in [1.82, 2.24) is 0 Å². The van der Waals surface area contributed by atoms with Crippen LogP contribution in [0.1, 0.15) is 18.4 Å². The average molecular weight is 237 g/mol. The quantitative estimate of drug-likeness (QED) is 0.854. The van der Waals surface area contributed by atoms with Gasteiger partial charge in [0, 0.05) is 23.3 Å². The molecule has 1 aromatic carbocycles. The smallest absolute Gasteiger partial charge is 0.0613 e. The van der Waals surface area contributed by atoms with E-state index < -0.39 is 0 Å². The standard InChI is InChI=1S/C13H19NOS/c1-15-9-11(14)6-7-12-8-10-4-2-3-5-13(10)16-12/h2-5,11-12H,6-9,14H2,1H3. The highest BCUT2D eigenvalue weighted by Gasteiger charge is 2.21. The number of methoxy groups -OCH3 is 1. The highest BCUT2D eigenvalue weighted by Crippen LogP contribution is 2.38. The zero-order chi connectivity index (χ0) is 11.4. The zero-order valence-corrected chi connectivity index (χ0v) is 10.5. The lowest BCUT2D eigenvalue weighted by atomic mass is 10.0. The normalized spacial score (nSPS) is 20.8. The van der Waals surface area contributed by atoms with Crippen LogP contribution in [0.4, 0.5) is 0 Å². The van der Waals surface area contributed by atoms with Crippen molar-refractivity contribution < 1.29 is 4.74 Å². The van der Waals surface area contributed by atoms with E-state index in [-0.39, 0.29) is 6.04 Å². The van der Waals surface area contributed by atoms with E-state index in [0.29, 0.717) is 11.9 Å². The number of rotatable bonds is 5. The third kappa shape index (κ3) is 3.00. The highest BCUT2D eigenvalue weighted by atomic mass is 32.2. The lowest BCUT2D eigenvalue weighted by Gasteiger charge is -2.13. The van der Waals surface area contributed by atoms with Gasteiger partial charge < -0.3 is 10.5 Å². The minimum atomic E-state index is 0.189. The van der Waals surface area contributed by atoms with Crippen LogP contribution in [0.2, 0.25) is 0 Å².